The Kier molecular flexibility index (Phi) is 4.09. The van der Waals surface area contributed by atoms with Crippen molar-refractivity contribution in [2.24, 2.45) is 0 Å². The molecule has 1 rings (SSSR count). The van der Waals surface area contributed by atoms with Gasteiger partial charge in [-0.05, 0) is 19.1 Å². The Morgan fingerprint density at radius 2 is 1.88 bits per heavy atom. The third kappa shape index (κ3) is 2.75. The summed E-state index contributed by atoms with van der Waals surface area (Å²) in [6, 6.07) is 2.91. The number of ketones is 2. The molecule has 0 heterocycles. The Bertz CT molecular complexity index is 450. The van der Waals surface area contributed by atoms with Gasteiger partial charge in [0, 0.05) is 0 Å². The van der Waals surface area contributed by atoms with E-state index in [1.807, 2.05) is 0 Å². The summed E-state index contributed by atoms with van der Waals surface area (Å²) in [6.07, 6.45) is -0.247. The van der Waals surface area contributed by atoms with Crippen molar-refractivity contribution >= 4 is 11.6 Å². The monoisotopic (exact) mass is 238 g/mol. The number of carbonyl (C=O) groups is 2. The van der Waals surface area contributed by atoms with Gasteiger partial charge < -0.3 is 14.6 Å². The molecular weight excluding hydrogens is 224 g/mol. The van der Waals surface area contributed by atoms with Crippen molar-refractivity contribution < 1.29 is 24.2 Å². The normalized spacial score (nSPS) is 9.82. The van der Waals surface area contributed by atoms with Gasteiger partial charge in [0.1, 0.15) is 5.78 Å². The van der Waals surface area contributed by atoms with E-state index in [4.69, 9.17) is 9.47 Å². The number of phenolic OH excluding ortho intramolecular Hbond substituents is 1. The highest BCUT2D eigenvalue weighted by Gasteiger charge is 2.19. The molecular formula is C12H14O5. The van der Waals surface area contributed by atoms with E-state index in [0.717, 1.165) is 0 Å². The predicted molar refractivity (Wildman–Crippen MR) is 60.8 cm³/mol. The van der Waals surface area contributed by atoms with E-state index >= 15 is 0 Å². The van der Waals surface area contributed by atoms with Crippen LogP contribution in [0.3, 0.4) is 0 Å². The van der Waals surface area contributed by atoms with Gasteiger partial charge in [0.15, 0.2) is 17.3 Å². The Labute approximate surface area is 99.0 Å². The van der Waals surface area contributed by atoms with E-state index in [1.165, 1.54) is 33.3 Å². The second kappa shape index (κ2) is 5.34. The number of phenols is 1. The average molecular weight is 238 g/mol. The summed E-state index contributed by atoms with van der Waals surface area (Å²) in [4.78, 5) is 22.5. The zero-order valence-corrected chi connectivity index (χ0v) is 9.94. The summed E-state index contributed by atoms with van der Waals surface area (Å²) in [6.45, 7) is 1.32. The van der Waals surface area contributed by atoms with E-state index in [2.05, 4.69) is 0 Å². The van der Waals surface area contributed by atoms with Crippen molar-refractivity contribution in [3.63, 3.8) is 0 Å². The zero-order valence-electron chi connectivity index (χ0n) is 9.94. The summed E-state index contributed by atoms with van der Waals surface area (Å²) in [5.74, 6) is -0.607. The van der Waals surface area contributed by atoms with Gasteiger partial charge in [0.2, 0.25) is 5.75 Å². The first kappa shape index (κ1) is 13.0. The first-order chi connectivity index (χ1) is 8.01. The van der Waals surface area contributed by atoms with Crippen molar-refractivity contribution in [1.82, 2.24) is 0 Å². The minimum absolute atomic E-state index is 0.0536. The zero-order chi connectivity index (χ0) is 13.0. The van der Waals surface area contributed by atoms with Crippen LogP contribution in [0.4, 0.5) is 0 Å². The molecule has 0 saturated heterocycles. The van der Waals surface area contributed by atoms with Crippen LogP contribution in [-0.2, 0) is 4.79 Å². The van der Waals surface area contributed by atoms with Crippen molar-refractivity contribution in [2.45, 2.75) is 13.3 Å². The van der Waals surface area contributed by atoms with Gasteiger partial charge in [0.05, 0.1) is 26.2 Å². The quantitative estimate of drug-likeness (QED) is 0.622. The molecule has 0 aromatic heterocycles. The largest absolute Gasteiger partial charge is 0.504 e. The molecule has 0 bridgehead atoms. The number of hydrogen-bond donors (Lipinski definition) is 1. The second-order valence-corrected chi connectivity index (χ2v) is 3.50. The molecule has 1 aromatic carbocycles. The first-order valence-corrected chi connectivity index (χ1v) is 4.97. The topological polar surface area (TPSA) is 72.8 Å². The summed E-state index contributed by atoms with van der Waals surface area (Å²) >= 11 is 0. The average Bonchev–Trinajstić information content (AvgIpc) is 2.27. The fourth-order valence-corrected chi connectivity index (χ4v) is 1.46. The van der Waals surface area contributed by atoms with E-state index in [1.54, 1.807) is 0 Å². The first-order valence-electron chi connectivity index (χ1n) is 4.97. The number of benzene rings is 1. The van der Waals surface area contributed by atoms with Crippen LogP contribution < -0.4 is 9.47 Å². The minimum Gasteiger partial charge on any atom is -0.504 e. The van der Waals surface area contributed by atoms with Crippen LogP contribution >= 0.6 is 0 Å². The fourth-order valence-electron chi connectivity index (χ4n) is 1.46. The maximum Gasteiger partial charge on any atom is 0.203 e. The Morgan fingerprint density at radius 1 is 1.24 bits per heavy atom. The molecule has 0 spiro atoms. The van der Waals surface area contributed by atoms with Crippen LogP contribution in [0, 0.1) is 0 Å². The van der Waals surface area contributed by atoms with Crippen LogP contribution in [0.1, 0.15) is 23.7 Å². The predicted octanol–water partition coefficient (Wildman–Crippen LogP) is 1.57. The van der Waals surface area contributed by atoms with Crippen molar-refractivity contribution in [1.29, 1.82) is 0 Å². The molecule has 0 aliphatic rings. The summed E-state index contributed by atoms with van der Waals surface area (Å²) < 4.78 is 9.92. The molecule has 5 heteroatoms. The maximum absolute atomic E-state index is 11.7. The Morgan fingerprint density at radius 3 is 2.35 bits per heavy atom. The number of carbonyl (C=O) groups excluding carboxylic acids is 2. The molecule has 0 radical (unpaired) electrons. The van der Waals surface area contributed by atoms with Crippen LogP contribution in [0.2, 0.25) is 0 Å². The molecule has 1 N–H and O–H groups in total. The molecule has 0 fully saturated rings. The van der Waals surface area contributed by atoms with Crippen molar-refractivity contribution in [2.75, 3.05) is 14.2 Å². The Hall–Kier alpha value is -2.04. The van der Waals surface area contributed by atoms with Gasteiger partial charge in [-0.1, -0.05) is 0 Å². The van der Waals surface area contributed by atoms with Crippen molar-refractivity contribution in [3.05, 3.63) is 17.7 Å². The fraction of sp³-hybridized carbons (Fsp3) is 0.333. The molecule has 0 atom stereocenters. The van der Waals surface area contributed by atoms with E-state index in [0.29, 0.717) is 5.75 Å². The van der Waals surface area contributed by atoms with Crippen LogP contribution in [-0.4, -0.2) is 30.9 Å². The van der Waals surface area contributed by atoms with Gasteiger partial charge in [-0.2, -0.15) is 0 Å². The second-order valence-electron chi connectivity index (χ2n) is 3.50. The lowest BCUT2D eigenvalue weighted by Crippen LogP contribution is -2.06. The highest BCUT2D eigenvalue weighted by Crippen LogP contribution is 2.39. The standard InChI is InChI=1S/C12H14O5/c1-7(13)6-9(14)8-4-5-10(16-2)12(17-3)11(8)15/h4-5,15H,6H2,1-3H3. The van der Waals surface area contributed by atoms with E-state index < -0.39 is 5.78 Å². The third-order valence-electron chi connectivity index (χ3n) is 2.23. The van der Waals surface area contributed by atoms with Crippen LogP contribution in [0.15, 0.2) is 12.1 Å². The molecule has 5 nitrogen and oxygen atoms in total. The van der Waals surface area contributed by atoms with Gasteiger partial charge >= 0.3 is 0 Å². The van der Waals surface area contributed by atoms with E-state index in [9.17, 15) is 14.7 Å². The van der Waals surface area contributed by atoms with Crippen LogP contribution in [0.25, 0.3) is 0 Å². The number of aromatic hydroxyl groups is 1. The van der Waals surface area contributed by atoms with Gasteiger partial charge in [-0.25, -0.2) is 0 Å². The molecule has 0 unspecified atom stereocenters. The lowest BCUT2D eigenvalue weighted by atomic mass is 10.0. The number of Topliss-reactive ketones (excluding diaryl/α,β-unsaturated/α-hetero) is 2. The molecule has 0 aliphatic heterocycles. The molecule has 0 amide bonds. The summed E-state index contributed by atoms with van der Waals surface area (Å²) in [7, 11) is 2.78. The molecule has 17 heavy (non-hydrogen) atoms. The molecule has 0 saturated carbocycles. The smallest absolute Gasteiger partial charge is 0.203 e. The van der Waals surface area contributed by atoms with Crippen molar-refractivity contribution in [3.8, 4) is 17.2 Å². The summed E-state index contributed by atoms with van der Waals surface area (Å²) in [5.41, 5.74) is 0.0536. The third-order valence-corrected chi connectivity index (χ3v) is 2.23. The highest BCUT2D eigenvalue weighted by atomic mass is 16.5. The van der Waals surface area contributed by atoms with Gasteiger partial charge in [0.25, 0.3) is 0 Å². The van der Waals surface area contributed by atoms with Gasteiger partial charge in [-0.15, -0.1) is 0 Å². The lowest BCUT2D eigenvalue weighted by molar-refractivity contribution is -0.116. The number of rotatable bonds is 5. The van der Waals surface area contributed by atoms with E-state index in [-0.39, 0.29) is 29.3 Å². The van der Waals surface area contributed by atoms with Gasteiger partial charge in [-0.3, -0.25) is 9.59 Å². The summed E-state index contributed by atoms with van der Waals surface area (Å²) in [5, 5.41) is 9.85. The number of methoxy groups -OCH3 is 2. The Balaban J connectivity index is 3.19. The number of ether oxygens (including phenoxy) is 2. The molecule has 0 aliphatic carbocycles. The SMILES string of the molecule is COc1ccc(C(=O)CC(C)=O)c(O)c1OC. The lowest BCUT2D eigenvalue weighted by Gasteiger charge is -2.11. The van der Waals surface area contributed by atoms with Crippen LogP contribution in [0.5, 0.6) is 17.2 Å². The highest BCUT2D eigenvalue weighted by molar-refractivity contribution is 6.09. The molecule has 1 aromatic rings. The minimum atomic E-state index is -0.448. The molecule has 92 valence electrons. The number of hydrogen-bond acceptors (Lipinski definition) is 5. The maximum atomic E-state index is 11.7.